The summed E-state index contributed by atoms with van der Waals surface area (Å²) in [6.07, 6.45) is 2.99. The van der Waals surface area contributed by atoms with Gasteiger partial charge in [0.05, 0.1) is 10.7 Å². The van der Waals surface area contributed by atoms with Crippen LogP contribution in [0.25, 0.3) is 11.3 Å². The molecule has 0 unspecified atom stereocenters. The lowest BCUT2D eigenvalue weighted by Crippen LogP contribution is -2.00. The van der Waals surface area contributed by atoms with Crippen LogP contribution in [-0.2, 0) is 12.8 Å². The second-order valence-corrected chi connectivity index (χ2v) is 5.85. The second kappa shape index (κ2) is 4.41. The summed E-state index contributed by atoms with van der Waals surface area (Å²) in [7, 11) is 0. The molecule has 2 aromatic rings. The summed E-state index contributed by atoms with van der Waals surface area (Å²) in [4.78, 5) is 6.09. The van der Waals surface area contributed by atoms with Crippen LogP contribution in [0.5, 0.6) is 0 Å². The van der Waals surface area contributed by atoms with Crippen molar-refractivity contribution in [2.75, 3.05) is 6.54 Å². The van der Waals surface area contributed by atoms with Crippen LogP contribution in [0.4, 0.5) is 0 Å². The summed E-state index contributed by atoms with van der Waals surface area (Å²) in [6.45, 7) is 0.733. The smallest absolute Gasteiger partial charge is 0.0936 e. The van der Waals surface area contributed by atoms with Gasteiger partial charge in [0, 0.05) is 28.3 Å². The van der Waals surface area contributed by atoms with Gasteiger partial charge in [0.15, 0.2) is 0 Å². The summed E-state index contributed by atoms with van der Waals surface area (Å²) in [5, 5.41) is 2.02. The highest BCUT2D eigenvalue weighted by Crippen LogP contribution is 2.40. The Hall–Kier alpha value is -0.900. The van der Waals surface area contributed by atoms with Crippen LogP contribution in [0, 0.1) is 0 Å². The molecule has 0 atom stereocenters. The quantitative estimate of drug-likeness (QED) is 0.789. The van der Waals surface area contributed by atoms with Crippen molar-refractivity contribution in [2.24, 2.45) is 5.73 Å². The highest BCUT2D eigenvalue weighted by molar-refractivity contribution is 7.12. The standard InChI is InChI=1S/C13H13ClN2S/c14-9-3-4-10-8(6-9)7-11-13(10)16-12(17-11)2-1-5-15/h3-4,6H,1-2,5,7,15H2. The van der Waals surface area contributed by atoms with Crippen molar-refractivity contribution in [3.63, 3.8) is 0 Å². The third-order valence-corrected chi connectivity index (χ3v) is 4.36. The first-order valence-corrected chi connectivity index (χ1v) is 6.95. The van der Waals surface area contributed by atoms with E-state index in [1.54, 1.807) is 0 Å². The van der Waals surface area contributed by atoms with Gasteiger partial charge in [-0.1, -0.05) is 17.7 Å². The van der Waals surface area contributed by atoms with Crippen molar-refractivity contribution >= 4 is 22.9 Å². The molecule has 1 aliphatic carbocycles. The van der Waals surface area contributed by atoms with Gasteiger partial charge in [0.25, 0.3) is 0 Å². The van der Waals surface area contributed by atoms with E-state index in [4.69, 9.17) is 22.3 Å². The summed E-state index contributed by atoms with van der Waals surface area (Å²) in [5.74, 6) is 0. The first kappa shape index (κ1) is 11.2. The van der Waals surface area contributed by atoms with Crippen molar-refractivity contribution < 1.29 is 0 Å². The van der Waals surface area contributed by atoms with Crippen molar-refractivity contribution in [3.8, 4) is 11.3 Å². The van der Waals surface area contributed by atoms with Crippen LogP contribution in [-0.4, -0.2) is 11.5 Å². The van der Waals surface area contributed by atoms with Gasteiger partial charge in [-0.15, -0.1) is 11.3 Å². The molecule has 0 saturated carbocycles. The fourth-order valence-corrected chi connectivity index (χ4v) is 3.55. The first-order chi connectivity index (χ1) is 8.28. The maximum absolute atomic E-state index is 6.00. The van der Waals surface area contributed by atoms with Crippen LogP contribution in [0.1, 0.15) is 21.9 Å². The number of nitrogens with zero attached hydrogens (tertiary/aromatic N) is 1. The number of rotatable bonds is 3. The molecule has 2 nitrogen and oxygen atoms in total. The van der Waals surface area contributed by atoms with E-state index in [1.165, 1.54) is 21.0 Å². The molecule has 0 fully saturated rings. The number of benzene rings is 1. The molecule has 0 saturated heterocycles. The van der Waals surface area contributed by atoms with Gasteiger partial charge in [-0.25, -0.2) is 4.98 Å². The average Bonchev–Trinajstić information content (AvgIpc) is 2.82. The number of halogens is 1. The molecule has 1 aromatic heterocycles. The van der Waals surface area contributed by atoms with Crippen LogP contribution in [0.2, 0.25) is 5.02 Å². The molecule has 17 heavy (non-hydrogen) atoms. The predicted octanol–water partition coefficient (Wildman–Crippen LogP) is 3.26. The highest BCUT2D eigenvalue weighted by atomic mass is 35.5. The summed E-state index contributed by atoms with van der Waals surface area (Å²) < 4.78 is 0. The van der Waals surface area contributed by atoms with Crippen molar-refractivity contribution in [2.45, 2.75) is 19.3 Å². The van der Waals surface area contributed by atoms with Gasteiger partial charge in [-0.2, -0.15) is 0 Å². The van der Waals surface area contributed by atoms with Crippen molar-refractivity contribution in [1.82, 2.24) is 4.98 Å². The molecule has 0 amide bonds. The van der Waals surface area contributed by atoms with Gasteiger partial charge < -0.3 is 5.73 Å². The van der Waals surface area contributed by atoms with Gasteiger partial charge in [0.2, 0.25) is 0 Å². The number of fused-ring (bicyclic) bond motifs is 3. The Bertz CT molecular complexity index is 563. The molecule has 1 aliphatic rings. The Labute approximate surface area is 109 Å². The van der Waals surface area contributed by atoms with E-state index in [9.17, 15) is 0 Å². The van der Waals surface area contributed by atoms with E-state index in [-0.39, 0.29) is 0 Å². The maximum atomic E-state index is 6.00. The number of hydrogen-bond acceptors (Lipinski definition) is 3. The molecule has 2 N–H and O–H groups in total. The zero-order chi connectivity index (χ0) is 11.8. The second-order valence-electron chi connectivity index (χ2n) is 4.25. The summed E-state index contributed by atoms with van der Waals surface area (Å²) in [6, 6.07) is 6.06. The molecule has 0 bridgehead atoms. The SMILES string of the molecule is NCCCc1nc2c(s1)Cc1cc(Cl)ccc1-2. The fraction of sp³-hybridized carbons (Fsp3) is 0.308. The average molecular weight is 265 g/mol. The van der Waals surface area contributed by atoms with Crippen LogP contribution in [0.15, 0.2) is 18.2 Å². The Kier molecular flexibility index (Phi) is 2.90. The molecular weight excluding hydrogens is 252 g/mol. The molecule has 1 aromatic carbocycles. The van der Waals surface area contributed by atoms with Crippen molar-refractivity contribution in [3.05, 3.63) is 38.7 Å². The Morgan fingerprint density at radius 2 is 2.29 bits per heavy atom. The number of aromatic nitrogens is 1. The minimum atomic E-state index is 0.733. The maximum Gasteiger partial charge on any atom is 0.0936 e. The van der Waals surface area contributed by atoms with Gasteiger partial charge in [-0.3, -0.25) is 0 Å². The van der Waals surface area contributed by atoms with E-state index < -0.39 is 0 Å². The van der Waals surface area contributed by atoms with Crippen molar-refractivity contribution in [1.29, 1.82) is 0 Å². The first-order valence-electron chi connectivity index (χ1n) is 5.75. The molecule has 88 valence electrons. The molecule has 1 heterocycles. The zero-order valence-corrected chi connectivity index (χ0v) is 10.9. The number of hydrogen-bond donors (Lipinski definition) is 1. The molecular formula is C13H13ClN2S. The van der Waals surface area contributed by atoms with Gasteiger partial charge in [0.1, 0.15) is 0 Å². The van der Waals surface area contributed by atoms with Crippen LogP contribution in [0.3, 0.4) is 0 Å². The molecule has 4 heteroatoms. The number of thiazole rings is 1. The summed E-state index contributed by atoms with van der Waals surface area (Å²) >= 11 is 7.82. The third-order valence-electron chi connectivity index (χ3n) is 3.01. The van der Waals surface area contributed by atoms with E-state index in [0.29, 0.717) is 0 Å². The minimum Gasteiger partial charge on any atom is -0.330 e. The number of aryl methyl sites for hydroxylation is 1. The lowest BCUT2D eigenvalue weighted by Gasteiger charge is -1.99. The Morgan fingerprint density at radius 1 is 1.41 bits per heavy atom. The van der Waals surface area contributed by atoms with Crippen LogP contribution < -0.4 is 5.73 Å². The zero-order valence-electron chi connectivity index (χ0n) is 9.37. The Balaban J connectivity index is 1.95. The fourth-order valence-electron chi connectivity index (χ4n) is 2.20. The van der Waals surface area contributed by atoms with E-state index >= 15 is 0 Å². The summed E-state index contributed by atoms with van der Waals surface area (Å²) in [5.41, 5.74) is 9.24. The molecule has 3 rings (SSSR count). The highest BCUT2D eigenvalue weighted by Gasteiger charge is 2.23. The normalized spacial score (nSPS) is 12.6. The molecule has 0 spiro atoms. The molecule has 0 aliphatic heterocycles. The lowest BCUT2D eigenvalue weighted by atomic mass is 10.1. The van der Waals surface area contributed by atoms with Gasteiger partial charge in [-0.05, 0) is 30.7 Å². The van der Waals surface area contributed by atoms with Crippen LogP contribution >= 0.6 is 22.9 Å². The third kappa shape index (κ3) is 1.99. The number of nitrogens with two attached hydrogens (primary N) is 1. The predicted molar refractivity (Wildman–Crippen MR) is 72.7 cm³/mol. The van der Waals surface area contributed by atoms with Gasteiger partial charge >= 0.3 is 0 Å². The monoisotopic (exact) mass is 264 g/mol. The van der Waals surface area contributed by atoms with E-state index in [2.05, 4.69) is 6.07 Å². The minimum absolute atomic E-state index is 0.733. The van der Waals surface area contributed by atoms with E-state index in [1.807, 2.05) is 23.5 Å². The van der Waals surface area contributed by atoms with E-state index in [0.717, 1.165) is 36.5 Å². The molecule has 0 radical (unpaired) electrons. The topological polar surface area (TPSA) is 38.9 Å². The lowest BCUT2D eigenvalue weighted by molar-refractivity contribution is 0.827. The largest absolute Gasteiger partial charge is 0.330 e. The Morgan fingerprint density at radius 3 is 3.12 bits per heavy atom.